The first kappa shape index (κ1) is 16.7. The van der Waals surface area contributed by atoms with E-state index in [4.69, 9.17) is 5.26 Å². The number of rotatable bonds is 2. The Morgan fingerprint density at radius 3 is 1.43 bits per heavy atom. The minimum absolute atomic E-state index is 1.09. The number of benzene rings is 1. The molecule has 0 saturated carbocycles. The van der Waals surface area contributed by atoms with Gasteiger partial charge in [0, 0.05) is 5.56 Å². The molecule has 120 valence electrons. The third kappa shape index (κ3) is 2.48. The summed E-state index contributed by atoms with van der Waals surface area (Å²) >= 11 is 0. The first-order valence-corrected chi connectivity index (χ1v) is 5.64. The highest BCUT2D eigenvalue weighted by molar-refractivity contribution is 5.67. The first-order chi connectivity index (χ1) is 10.7. The van der Waals surface area contributed by atoms with Crippen molar-refractivity contribution in [1.29, 1.82) is 5.26 Å². The number of nitrogens with zero attached hydrogens (tertiary/aromatic N) is 2. The summed E-state index contributed by atoms with van der Waals surface area (Å²) in [6.45, 7) is 0. The molecular weight excluding hydrogens is 336 g/mol. The van der Waals surface area contributed by atoms with Crippen LogP contribution in [0.25, 0.3) is 11.1 Å². The topological polar surface area (TPSA) is 36.7 Å². The Hall–Kier alpha value is -2.70. The normalized spacial score (nSPS) is 10.7. The number of halogens is 8. The van der Waals surface area contributed by atoms with Crippen LogP contribution in [-0.4, -0.2) is 4.98 Å². The molecule has 0 aliphatic carbocycles. The lowest BCUT2D eigenvalue weighted by Crippen LogP contribution is -2.10. The maximum Gasteiger partial charge on any atom is 0.252 e. The van der Waals surface area contributed by atoms with Crippen molar-refractivity contribution in [2.45, 2.75) is 6.42 Å². The van der Waals surface area contributed by atoms with Gasteiger partial charge in [-0.05, 0) is 0 Å². The zero-order valence-electron chi connectivity index (χ0n) is 10.6. The van der Waals surface area contributed by atoms with E-state index in [-0.39, 0.29) is 0 Å². The van der Waals surface area contributed by atoms with E-state index >= 15 is 0 Å². The molecule has 0 saturated heterocycles. The third-order valence-corrected chi connectivity index (χ3v) is 2.86. The van der Waals surface area contributed by atoms with Gasteiger partial charge in [-0.1, -0.05) is 0 Å². The summed E-state index contributed by atoms with van der Waals surface area (Å²) in [5, 5.41) is 8.34. The highest BCUT2D eigenvalue weighted by Crippen LogP contribution is 2.36. The van der Waals surface area contributed by atoms with Gasteiger partial charge in [0.2, 0.25) is 0 Å². The molecule has 0 aliphatic heterocycles. The highest BCUT2D eigenvalue weighted by atomic mass is 19.2. The Labute approximate surface area is 122 Å². The van der Waals surface area contributed by atoms with E-state index in [1.54, 1.807) is 0 Å². The Kier molecular flexibility index (Phi) is 4.22. The van der Waals surface area contributed by atoms with Crippen molar-refractivity contribution in [2.75, 3.05) is 0 Å². The van der Waals surface area contributed by atoms with Gasteiger partial charge < -0.3 is 0 Å². The number of pyridine rings is 1. The lowest BCUT2D eigenvalue weighted by atomic mass is 9.99. The predicted molar refractivity (Wildman–Crippen MR) is 58.7 cm³/mol. The number of aromatic nitrogens is 1. The van der Waals surface area contributed by atoms with Gasteiger partial charge in [0.25, 0.3) is 11.9 Å². The van der Waals surface area contributed by atoms with E-state index in [1.807, 2.05) is 0 Å². The molecule has 0 aliphatic rings. The summed E-state index contributed by atoms with van der Waals surface area (Å²) < 4.78 is 108. The molecule has 2 nitrogen and oxygen atoms in total. The van der Waals surface area contributed by atoms with E-state index in [9.17, 15) is 35.1 Å². The Bertz CT molecular complexity index is 801. The molecule has 0 radical (unpaired) electrons. The lowest BCUT2D eigenvalue weighted by Gasteiger charge is -2.12. The second-order valence-electron chi connectivity index (χ2n) is 4.14. The van der Waals surface area contributed by atoms with Gasteiger partial charge in [-0.3, -0.25) is 0 Å². The van der Waals surface area contributed by atoms with Crippen LogP contribution in [0.3, 0.4) is 0 Å². The first-order valence-electron chi connectivity index (χ1n) is 5.64. The summed E-state index contributed by atoms with van der Waals surface area (Å²) in [5.74, 6) is -18.1. The molecule has 0 bridgehead atoms. The quantitative estimate of drug-likeness (QED) is 0.473. The van der Waals surface area contributed by atoms with Gasteiger partial charge in [0.05, 0.1) is 23.6 Å². The average molecular weight is 338 g/mol. The number of nitriles is 1. The van der Waals surface area contributed by atoms with Crippen LogP contribution in [0, 0.1) is 58.1 Å². The maximum atomic E-state index is 13.8. The minimum Gasteiger partial charge on any atom is -0.203 e. The van der Waals surface area contributed by atoms with Crippen molar-refractivity contribution in [1.82, 2.24) is 4.98 Å². The highest BCUT2D eigenvalue weighted by Gasteiger charge is 2.32. The average Bonchev–Trinajstić information content (AvgIpc) is 2.51. The van der Waals surface area contributed by atoms with Crippen molar-refractivity contribution in [2.24, 2.45) is 0 Å². The summed E-state index contributed by atoms with van der Waals surface area (Å²) in [7, 11) is 0. The second kappa shape index (κ2) is 5.83. The van der Waals surface area contributed by atoms with Crippen molar-refractivity contribution < 1.29 is 35.1 Å². The molecule has 1 heterocycles. The third-order valence-electron chi connectivity index (χ3n) is 2.86. The summed E-state index contributed by atoms with van der Waals surface area (Å²) in [5.41, 5.74) is -5.31. The molecule has 0 unspecified atom stereocenters. The Balaban J connectivity index is 2.95. The van der Waals surface area contributed by atoms with Crippen molar-refractivity contribution in [3.63, 3.8) is 0 Å². The van der Waals surface area contributed by atoms with E-state index < -0.39 is 69.9 Å². The number of hydrogen-bond acceptors (Lipinski definition) is 2. The van der Waals surface area contributed by atoms with Crippen LogP contribution in [0.5, 0.6) is 0 Å². The molecule has 10 heteroatoms. The molecule has 0 N–H and O–H groups in total. The van der Waals surface area contributed by atoms with Gasteiger partial charge >= 0.3 is 0 Å². The maximum absolute atomic E-state index is 13.8. The van der Waals surface area contributed by atoms with Crippen LogP contribution < -0.4 is 0 Å². The zero-order chi connectivity index (χ0) is 17.5. The van der Waals surface area contributed by atoms with E-state index in [0.29, 0.717) is 0 Å². The van der Waals surface area contributed by atoms with Crippen molar-refractivity contribution >= 4 is 0 Å². The Morgan fingerprint density at radius 1 is 0.652 bits per heavy atom. The van der Waals surface area contributed by atoms with Crippen LogP contribution in [0.15, 0.2) is 0 Å². The molecule has 0 atom stereocenters. The van der Waals surface area contributed by atoms with Crippen LogP contribution in [0.2, 0.25) is 0 Å². The van der Waals surface area contributed by atoms with Crippen LogP contribution in [0.4, 0.5) is 35.1 Å². The molecular formula is C13H2F8N2. The van der Waals surface area contributed by atoms with Gasteiger partial charge in [-0.25, -0.2) is 26.3 Å². The van der Waals surface area contributed by atoms with E-state index in [2.05, 4.69) is 4.98 Å². The predicted octanol–water partition coefficient (Wildman–Crippen LogP) is 3.93. The molecule has 1 aromatic heterocycles. The van der Waals surface area contributed by atoms with Crippen LogP contribution in [-0.2, 0) is 6.42 Å². The summed E-state index contributed by atoms with van der Waals surface area (Å²) in [6, 6.07) is 1.23. The fourth-order valence-corrected chi connectivity index (χ4v) is 1.84. The minimum atomic E-state index is -2.34. The zero-order valence-corrected chi connectivity index (χ0v) is 10.6. The van der Waals surface area contributed by atoms with E-state index in [1.165, 1.54) is 6.07 Å². The van der Waals surface area contributed by atoms with Crippen LogP contribution in [0.1, 0.15) is 5.56 Å². The van der Waals surface area contributed by atoms with E-state index in [0.717, 1.165) is 0 Å². The van der Waals surface area contributed by atoms with Crippen molar-refractivity contribution in [3.05, 3.63) is 52.4 Å². The molecule has 2 aromatic rings. The second-order valence-corrected chi connectivity index (χ2v) is 4.14. The van der Waals surface area contributed by atoms with Gasteiger partial charge in [0.15, 0.2) is 34.9 Å². The molecule has 0 amide bonds. The fraction of sp³-hybridized carbons (Fsp3) is 0.0769. The van der Waals surface area contributed by atoms with Gasteiger partial charge in [-0.2, -0.15) is 19.0 Å². The van der Waals surface area contributed by atoms with Gasteiger partial charge in [-0.15, -0.1) is 0 Å². The standard InChI is InChI=1S/C13H2F8N2/c14-6-3(1-2-22)7(15)9(17)4(8(6)16)5-10(18)12(20)23-13(21)11(5)19/h1H2. The molecule has 23 heavy (non-hydrogen) atoms. The smallest absolute Gasteiger partial charge is 0.203 e. The van der Waals surface area contributed by atoms with Crippen LogP contribution >= 0.6 is 0 Å². The van der Waals surface area contributed by atoms with Gasteiger partial charge in [0.1, 0.15) is 0 Å². The number of hydrogen-bond donors (Lipinski definition) is 0. The lowest BCUT2D eigenvalue weighted by molar-refractivity contribution is 0.405. The SMILES string of the molecule is N#CCc1c(F)c(F)c(-c2c(F)c(F)nc(F)c2F)c(F)c1F. The van der Waals surface area contributed by atoms with Crippen molar-refractivity contribution in [3.8, 4) is 17.2 Å². The summed E-state index contributed by atoms with van der Waals surface area (Å²) in [4.78, 5) is 2.15. The fourth-order valence-electron chi connectivity index (χ4n) is 1.84. The largest absolute Gasteiger partial charge is 0.252 e. The molecule has 0 fully saturated rings. The monoisotopic (exact) mass is 338 g/mol. The molecule has 2 rings (SSSR count). The molecule has 1 aromatic carbocycles. The Morgan fingerprint density at radius 2 is 1.04 bits per heavy atom. The summed E-state index contributed by atoms with van der Waals surface area (Å²) in [6.07, 6.45) is -1.09. The molecule has 0 spiro atoms.